The lowest BCUT2D eigenvalue weighted by Crippen LogP contribution is -2.45. The summed E-state index contributed by atoms with van der Waals surface area (Å²) in [6, 6.07) is 8.55. The van der Waals surface area contributed by atoms with E-state index in [9.17, 15) is 24.2 Å². The van der Waals surface area contributed by atoms with Gasteiger partial charge >= 0.3 is 5.97 Å². The van der Waals surface area contributed by atoms with E-state index in [1.54, 1.807) is 0 Å². The average molecular weight is 369 g/mol. The second-order valence-corrected chi connectivity index (χ2v) is 9.45. The molecule has 25 heavy (non-hydrogen) atoms. The average Bonchev–Trinajstić information content (AvgIpc) is 2.50. The van der Waals surface area contributed by atoms with Crippen molar-refractivity contribution in [2.24, 2.45) is 11.8 Å². The first-order chi connectivity index (χ1) is 11.6. The third kappa shape index (κ3) is 8.84. The van der Waals surface area contributed by atoms with E-state index in [1.807, 2.05) is 44.2 Å². The highest BCUT2D eigenvalue weighted by Crippen LogP contribution is 2.38. The summed E-state index contributed by atoms with van der Waals surface area (Å²) < 4.78 is 11.8. The normalized spacial score (nSPS) is 16.0. The van der Waals surface area contributed by atoms with Gasteiger partial charge in [0.1, 0.15) is 6.04 Å². The maximum absolute atomic E-state index is 12.5. The van der Waals surface area contributed by atoms with Crippen LogP contribution >= 0.6 is 7.37 Å². The molecule has 0 heterocycles. The van der Waals surface area contributed by atoms with Crippen molar-refractivity contribution < 1.29 is 24.2 Å². The molecule has 1 aromatic rings. The molecule has 1 rings (SSSR count). The van der Waals surface area contributed by atoms with Crippen molar-refractivity contribution in [3.63, 3.8) is 0 Å². The topological polar surface area (TPSA) is 104 Å². The summed E-state index contributed by atoms with van der Waals surface area (Å²) in [6.45, 7) is 4.98. The van der Waals surface area contributed by atoms with Crippen LogP contribution in [-0.2, 0) is 20.6 Å². The summed E-state index contributed by atoms with van der Waals surface area (Å²) in [5.74, 6) is -2.15. The van der Waals surface area contributed by atoms with Crippen molar-refractivity contribution in [3.8, 4) is 0 Å². The van der Waals surface area contributed by atoms with E-state index in [2.05, 4.69) is 5.32 Å². The van der Waals surface area contributed by atoms with Gasteiger partial charge in [-0.05, 0) is 30.7 Å². The van der Waals surface area contributed by atoms with Crippen LogP contribution in [-0.4, -0.2) is 40.7 Å². The molecule has 0 saturated carbocycles. The fourth-order valence-electron chi connectivity index (χ4n) is 2.68. The Morgan fingerprint density at radius 2 is 1.80 bits per heavy atom. The highest BCUT2D eigenvalue weighted by atomic mass is 31.2. The molecule has 6 nitrogen and oxygen atoms in total. The molecule has 0 radical (unpaired) electrons. The number of carboxylic acids is 1. The van der Waals surface area contributed by atoms with E-state index in [0.29, 0.717) is 19.3 Å². The zero-order chi connectivity index (χ0) is 19.0. The van der Waals surface area contributed by atoms with Gasteiger partial charge in [-0.25, -0.2) is 4.79 Å². The van der Waals surface area contributed by atoms with E-state index in [4.69, 9.17) is 0 Å². The summed E-state index contributed by atoms with van der Waals surface area (Å²) in [4.78, 5) is 33.6. The highest BCUT2D eigenvalue weighted by molar-refractivity contribution is 7.57. The molecule has 0 aliphatic rings. The standard InChI is InChI=1S/C18H28NO5P/c1-13(2)11-16(18(21)22)19-17(20)15(12-25(3,23)24)10-9-14-7-5-4-6-8-14/h4-8,13,15-16H,9-12H2,1-3H3,(H,19,20)(H,21,22)(H,23,24)/t15?,16-/m0/s1. The van der Waals surface area contributed by atoms with Crippen LogP contribution < -0.4 is 5.32 Å². The van der Waals surface area contributed by atoms with Gasteiger partial charge in [0.2, 0.25) is 5.91 Å². The van der Waals surface area contributed by atoms with Gasteiger partial charge < -0.3 is 15.3 Å². The molecule has 3 N–H and O–H groups in total. The SMILES string of the molecule is CC(C)C[C@H](NC(=O)C(CCc1ccccc1)CP(C)(=O)O)C(=O)O. The minimum atomic E-state index is -3.40. The van der Waals surface area contributed by atoms with E-state index < -0.39 is 31.2 Å². The van der Waals surface area contributed by atoms with Crippen LogP contribution in [0.25, 0.3) is 0 Å². The molecule has 0 fully saturated rings. The summed E-state index contributed by atoms with van der Waals surface area (Å²) in [7, 11) is -3.40. The van der Waals surface area contributed by atoms with Crippen LogP contribution in [0.4, 0.5) is 0 Å². The molecule has 0 aliphatic carbocycles. The minimum Gasteiger partial charge on any atom is -0.480 e. The molecule has 0 spiro atoms. The Bertz CT molecular complexity index is 611. The zero-order valence-corrected chi connectivity index (χ0v) is 15.9. The summed E-state index contributed by atoms with van der Waals surface area (Å²) in [6.07, 6.45) is 1.14. The van der Waals surface area contributed by atoms with Crippen LogP contribution in [0.3, 0.4) is 0 Å². The van der Waals surface area contributed by atoms with Crippen molar-refractivity contribution in [1.29, 1.82) is 0 Å². The third-order valence-corrected chi connectivity index (χ3v) is 4.99. The minimum absolute atomic E-state index is 0.110. The van der Waals surface area contributed by atoms with Crippen molar-refractivity contribution in [1.82, 2.24) is 5.32 Å². The van der Waals surface area contributed by atoms with Gasteiger partial charge in [-0.15, -0.1) is 0 Å². The number of hydrogen-bond donors (Lipinski definition) is 3. The maximum Gasteiger partial charge on any atom is 0.326 e. The summed E-state index contributed by atoms with van der Waals surface area (Å²) in [5.41, 5.74) is 1.03. The van der Waals surface area contributed by atoms with Gasteiger partial charge in [-0.2, -0.15) is 0 Å². The Balaban J connectivity index is 2.80. The molecule has 2 unspecified atom stereocenters. The zero-order valence-electron chi connectivity index (χ0n) is 15.0. The molecule has 0 aromatic heterocycles. The Hall–Kier alpha value is -1.65. The second-order valence-electron chi connectivity index (χ2n) is 6.98. The highest BCUT2D eigenvalue weighted by Gasteiger charge is 2.29. The van der Waals surface area contributed by atoms with E-state index in [1.165, 1.54) is 6.66 Å². The predicted octanol–water partition coefficient (Wildman–Crippen LogP) is 2.75. The van der Waals surface area contributed by atoms with Gasteiger partial charge in [0.25, 0.3) is 0 Å². The van der Waals surface area contributed by atoms with Crippen LogP contribution in [0.2, 0.25) is 0 Å². The number of hydrogen-bond acceptors (Lipinski definition) is 3. The number of rotatable bonds is 10. The van der Waals surface area contributed by atoms with Crippen molar-refractivity contribution >= 4 is 19.2 Å². The first kappa shape index (κ1) is 21.4. The molecule has 0 aliphatic heterocycles. The van der Waals surface area contributed by atoms with Crippen LogP contribution in [0, 0.1) is 11.8 Å². The van der Waals surface area contributed by atoms with Crippen molar-refractivity contribution in [3.05, 3.63) is 35.9 Å². The number of amides is 1. The van der Waals surface area contributed by atoms with Crippen LogP contribution in [0.1, 0.15) is 32.3 Å². The van der Waals surface area contributed by atoms with Gasteiger partial charge in [0, 0.05) is 18.7 Å². The number of carbonyl (C=O) groups excluding carboxylic acids is 1. The molecule has 7 heteroatoms. The van der Waals surface area contributed by atoms with Gasteiger partial charge in [0.05, 0.1) is 0 Å². The molecule has 140 valence electrons. The number of nitrogens with one attached hydrogen (secondary N) is 1. The van der Waals surface area contributed by atoms with Gasteiger partial charge in [-0.1, -0.05) is 44.2 Å². The van der Waals surface area contributed by atoms with E-state index >= 15 is 0 Å². The van der Waals surface area contributed by atoms with Crippen LogP contribution in [0.15, 0.2) is 30.3 Å². The lowest BCUT2D eigenvalue weighted by molar-refractivity contribution is -0.142. The number of benzene rings is 1. The Kier molecular flexibility index (Phi) is 8.33. The van der Waals surface area contributed by atoms with Crippen molar-refractivity contribution in [2.45, 2.75) is 39.2 Å². The maximum atomic E-state index is 12.5. The molecular formula is C18H28NO5P. The largest absolute Gasteiger partial charge is 0.480 e. The molecule has 1 aromatic carbocycles. The molecule has 1 amide bonds. The lowest BCUT2D eigenvalue weighted by atomic mass is 9.98. The first-order valence-corrected chi connectivity index (χ1v) is 10.7. The molecule has 0 saturated heterocycles. The summed E-state index contributed by atoms with van der Waals surface area (Å²) in [5, 5.41) is 11.8. The predicted molar refractivity (Wildman–Crippen MR) is 97.9 cm³/mol. The number of aliphatic carboxylic acids is 1. The Labute approximate surface area is 149 Å². The van der Waals surface area contributed by atoms with Gasteiger partial charge in [0.15, 0.2) is 7.37 Å². The van der Waals surface area contributed by atoms with Crippen molar-refractivity contribution in [2.75, 3.05) is 12.8 Å². The van der Waals surface area contributed by atoms with Crippen LogP contribution in [0.5, 0.6) is 0 Å². The third-order valence-electron chi connectivity index (χ3n) is 3.88. The number of aryl methyl sites for hydroxylation is 1. The molecule has 3 atom stereocenters. The fourth-order valence-corrected chi connectivity index (χ4v) is 3.85. The molecule has 0 bridgehead atoms. The Morgan fingerprint density at radius 3 is 2.28 bits per heavy atom. The van der Waals surface area contributed by atoms with E-state index in [-0.39, 0.29) is 12.1 Å². The smallest absolute Gasteiger partial charge is 0.326 e. The number of carbonyl (C=O) groups is 2. The second kappa shape index (κ2) is 9.73. The Morgan fingerprint density at radius 1 is 1.20 bits per heavy atom. The van der Waals surface area contributed by atoms with Gasteiger partial charge in [-0.3, -0.25) is 9.36 Å². The molecular weight excluding hydrogens is 341 g/mol. The lowest BCUT2D eigenvalue weighted by Gasteiger charge is -2.22. The first-order valence-electron chi connectivity index (χ1n) is 8.45. The fraction of sp³-hybridized carbons (Fsp3) is 0.556. The quantitative estimate of drug-likeness (QED) is 0.550. The number of carboxylic acid groups (broad SMARTS) is 1. The monoisotopic (exact) mass is 369 g/mol. The van der Waals surface area contributed by atoms with E-state index in [0.717, 1.165) is 5.56 Å². The summed E-state index contributed by atoms with van der Waals surface area (Å²) >= 11 is 0.